The Morgan fingerprint density at radius 1 is 1.38 bits per heavy atom. The molecule has 2 rings (SSSR count). The van der Waals surface area contributed by atoms with Gasteiger partial charge in [0.1, 0.15) is 0 Å². The second kappa shape index (κ2) is 4.33. The zero-order valence-electron chi connectivity index (χ0n) is 8.90. The van der Waals surface area contributed by atoms with Crippen LogP contribution in [0.5, 0.6) is 0 Å². The highest BCUT2D eigenvalue weighted by Gasteiger charge is 2.00. The zero-order chi connectivity index (χ0) is 11.5. The van der Waals surface area contributed by atoms with Gasteiger partial charge in [-0.05, 0) is 36.8 Å². The number of aromatic amines is 1. The number of nitrogens with one attached hydrogen (secondary N) is 1. The lowest BCUT2D eigenvalue weighted by atomic mass is 10.1. The summed E-state index contributed by atoms with van der Waals surface area (Å²) in [7, 11) is 0. The second-order valence-electron chi connectivity index (χ2n) is 3.61. The van der Waals surface area contributed by atoms with Crippen molar-refractivity contribution in [1.82, 2.24) is 9.55 Å². The van der Waals surface area contributed by atoms with Crippen molar-refractivity contribution in [3.05, 3.63) is 46.5 Å². The summed E-state index contributed by atoms with van der Waals surface area (Å²) < 4.78 is 2.60. The van der Waals surface area contributed by atoms with Gasteiger partial charge < -0.3 is 4.98 Å². The van der Waals surface area contributed by atoms with Gasteiger partial charge in [0, 0.05) is 17.6 Å². The smallest absolute Gasteiger partial charge is 0.181 e. The van der Waals surface area contributed by atoms with Gasteiger partial charge in [0.05, 0.1) is 12.5 Å². The predicted octanol–water partition coefficient (Wildman–Crippen LogP) is 2.91. The normalized spacial score (nSPS) is 10.0. The van der Waals surface area contributed by atoms with E-state index in [1.54, 1.807) is 0 Å². The third-order valence-electron chi connectivity index (χ3n) is 2.34. The van der Waals surface area contributed by atoms with Gasteiger partial charge in [-0.15, -0.1) is 0 Å². The molecule has 0 unspecified atom stereocenters. The molecule has 0 radical (unpaired) electrons. The average Bonchev–Trinajstić information content (AvgIpc) is 2.59. The fourth-order valence-electron chi connectivity index (χ4n) is 1.57. The molecular formula is C12H11N3S. The Morgan fingerprint density at radius 3 is 2.56 bits per heavy atom. The first-order chi connectivity index (χ1) is 7.70. The molecule has 0 saturated carbocycles. The molecule has 0 aliphatic carbocycles. The molecule has 0 spiro atoms. The molecule has 4 heteroatoms. The highest BCUT2D eigenvalue weighted by atomic mass is 32.1. The highest BCUT2D eigenvalue weighted by molar-refractivity contribution is 7.71. The van der Waals surface area contributed by atoms with Crippen LogP contribution in [-0.2, 0) is 6.42 Å². The van der Waals surface area contributed by atoms with Crippen LogP contribution in [0.3, 0.4) is 0 Å². The van der Waals surface area contributed by atoms with Crippen LogP contribution in [0, 0.1) is 23.0 Å². The van der Waals surface area contributed by atoms with E-state index in [1.165, 1.54) is 0 Å². The van der Waals surface area contributed by atoms with Crippen LogP contribution in [0.25, 0.3) is 5.69 Å². The molecule has 0 amide bonds. The molecule has 80 valence electrons. The van der Waals surface area contributed by atoms with Gasteiger partial charge >= 0.3 is 0 Å². The van der Waals surface area contributed by atoms with Crippen molar-refractivity contribution in [3.63, 3.8) is 0 Å². The van der Waals surface area contributed by atoms with E-state index in [4.69, 9.17) is 17.5 Å². The van der Waals surface area contributed by atoms with E-state index in [0.29, 0.717) is 11.2 Å². The van der Waals surface area contributed by atoms with Crippen LogP contribution in [0.2, 0.25) is 0 Å². The van der Waals surface area contributed by atoms with Crippen LogP contribution in [0.1, 0.15) is 11.3 Å². The van der Waals surface area contributed by atoms with Crippen molar-refractivity contribution in [2.75, 3.05) is 0 Å². The molecule has 0 bridgehead atoms. The molecule has 0 aliphatic rings. The van der Waals surface area contributed by atoms with Crippen molar-refractivity contribution < 1.29 is 0 Å². The van der Waals surface area contributed by atoms with Crippen molar-refractivity contribution in [2.24, 2.45) is 0 Å². The van der Waals surface area contributed by atoms with Gasteiger partial charge in [0.25, 0.3) is 0 Å². The van der Waals surface area contributed by atoms with Crippen LogP contribution in [0.4, 0.5) is 0 Å². The molecule has 2 aromatic rings. The SMILES string of the molecule is Cc1cn(-c2ccc(CC#N)cc2)c(=S)[nH]1. The van der Waals surface area contributed by atoms with Crippen molar-refractivity contribution >= 4 is 12.2 Å². The first kappa shape index (κ1) is 10.7. The zero-order valence-corrected chi connectivity index (χ0v) is 9.71. The predicted molar refractivity (Wildman–Crippen MR) is 65.0 cm³/mol. The standard InChI is InChI=1S/C12H11N3S/c1-9-8-15(12(16)14-9)11-4-2-10(3-5-11)6-7-13/h2-5,8H,6H2,1H3,(H,14,16). The van der Waals surface area contributed by atoms with Crippen LogP contribution < -0.4 is 0 Å². The monoisotopic (exact) mass is 229 g/mol. The van der Waals surface area contributed by atoms with Gasteiger partial charge in [-0.2, -0.15) is 5.26 Å². The molecule has 0 saturated heterocycles. The summed E-state index contributed by atoms with van der Waals surface area (Å²) in [6.07, 6.45) is 2.40. The first-order valence-electron chi connectivity index (χ1n) is 4.95. The summed E-state index contributed by atoms with van der Waals surface area (Å²) in [6.45, 7) is 1.97. The number of nitrogens with zero attached hydrogens (tertiary/aromatic N) is 2. The number of hydrogen-bond acceptors (Lipinski definition) is 2. The Bertz CT molecular complexity index is 584. The lowest BCUT2D eigenvalue weighted by molar-refractivity contribution is 1.03. The van der Waals surface area contributed by atoms with E-state index in [-0.39, 0.29) is 0 Å². The van der Waals surface area contributed by atoms with E-state index in [9.17, 15) is 0 Å². The van der Waals surface area contributed by atoms with E-state index in [0.717, 1.165) is 16.9 Å². The van der Waals surface area contributed by atoms with E-state index >= 15 is 0 Å². The Hall–Kier alpha value is -1.86. The molecule has 0 fully saturated rings. The number of nitriles is 1. The van der Waals surface area contributed by atoms with Crippen LogP contribution in [0.15, 0.2) is 30.5 Å². The van der Waals surface area contributed by atoms with Gasteiger partial charge in [-0.1, -0.05) is 12.1 Å². The number of aryl methyl sites for hydroxylation is 1. The summed E-state index contributed by atoms with van der Waals surface area (Å²) in [4.78, 5) is 3.07. The summed E-state index contributed by atoms with van der Waals surface area (Å²) in [5, 5.41) is 8.58. The summed E-state index contributed by atoms with van der Waals surface area (Å²) >= 11 is 5.19. The molecule has 0 atom stereocenters. The third kappa shape index (κ3) is 2.05. The van der Waals surface area contributed by atoms with Gasteiger partial charge in [-0.25, -0.2) is 0 Å². The highest BCUT2D eigenvalue weighted by Crippen LogP contribution is 2.11. The minimum Gasteiger partial charge on any atom is -0.335 e. The second-order valence-corrected chi connectivity index (χ2v) is 4.00. The Morgan fingerprint density at radius 2 is 2.06 bits per heavy atom. The Kier molecular flexibility index (Phi) is 2.88. The number of H-pyrrole nitrogens is 1. The lowest BCUT2D eigenvalue weighted by Crippen LogP contribution is -1.92. The molecule has 1 aromatic heterocycles. The molecular weight excluding hydrogens is 218 g/mol. The number of benzene rings is 1. The van der Waals surface area contributed by atoms with Crippen LogP contribution >= 0.6 is 12.2 Å². The van der Waals surface area contributed by atoms with Crippen molar-refractivity contribution in [3.8, 4) is 11.8 Å². The maximum atomic E-state index is 8.58. The van der Waals surface area contributed by atoms with Crippen molar-refractivity contribution in [1.29, 1.82) is 5.26 Å². The molecule has 1 N–H and O–H groups in total. The van der Waals surface area contributed by atoms with Gasteiger partial charge in [0.2, 0.25) is 0 Å². The quantitative estimate of drug-likeness (QED) is 0.805. The molecule has 3 nitrogen and oxygen atoms in total. The Labute approximate surface area is 99.0 Å². The number of rotatable bonds is 2. The minimum atomic E-state index is 0.442. The summed E-state index contributed by atoms with van der Waals surface area (Å²) in [5.41, 5.74) is 3.06. The van der Waals surface area contributed by atoms with E-state index < -0.39 is 0 Å². The minimum absolute atomic E-state index is 0.442. The fourth-order valence-corrected chi connectivity index (χ4v) is 1.89. The first-order valence-corrected chi connectivity index (χ1v) is 5.36. The Balaban J connectivity index is 2.39. The molecule has 16 heavy (non-hydrogen) atoms. The van der Waals surface area contributed by atoms with E-state index in [2.05, 4.69) is 11.1 Å². The lowest BCUT2D eigenvalue weighted by Gasteiger charge is -2.02. The number of hydrogen-bond donors (Lipinski definition) is 1. The largest absolute Gasteiger partial charge is 0.335 e. The molecule has 1 aromatic carbocycles. The summed E-state index contributed by atoms with van der Waals surface area (Å²) in [6, 6.07) is 9.96. The molecule has 0 aliphatic heterocycles. The third-order valence-corrected chi connectivity index (χ3v) is 2.64. The maximum Gasteiger partial charge on any atom is 0.181 e. The number of imidazole rings is 1. The summed E-state index contributed by atoms with van der Waals surface area (Å²) in [5.74, 6) is 0. The topological polar surface area (TPSA) is 44.5 Å². The number of aromatic nitrogens is 2. The van der Waals surface area contributed by atoms with E-state index in [1.807, 2.05) is 42.0 Å². The van der Waals surface area contributed by atoms with Crippen LogP contribution in [-0.4, -0.2) is 9.55 Å². The maximum absolute atomic E-state index is 8.58. The van der Waals surface area contributed by atoms with Gasteiger partial charge in [-0.3, -0.25) is 4.57 Å². The average molecular weight is 229 g/mol. The van der Waals surface area contributed by atoms with Crippen molar-refractivity contribution in [2.45, 2.75) is 13.3 Å². The van der Waals surface area contributed by atoms with Gasteiger partial charge in [0.15, 0.2) is 4.77 Å². The molecule has 1 heterocycles. The fraction of sp³-hybridized carbons (Fsp3) is 0.167.